The van der Waals surface area contributed by atoms with E-state index >= 15 is 0 Å². The lowest BCUT2D eigenvalue weighted by atomic mass is 9.98. The van der Waals surface area contributed by atoms with Crippen molar-refractivity contribution in [3.8, 4) is 0 Å². The Morgan fingerprint density at radius 2 is 1.17 bits per heavy atom. The van der Waals surface area contributed by atoms with Crippen LogP contribution in [-0.4, -0.2) is 78.3 Å². The molecule has 1 aliphatic rings. The molecule has 1 unspecified atom stereocenters. The second-order valence-corrected chi connectivity index (χ2v) is 16.3. The third kappa shape index (κ3) is 15.8. The molecule has 0 spiro atoms. The summed E-state index contributed by atoms with van der Waals surface area (Å²) in [5.41, 5.74) is 5.89. The Balaban J connectivity index is 1.43. The highest BCUT2D eigenvalue weighted by molar-refractivity contribution is 5.86. The molecule has 4 aromatic rings. The van der Waals surface area contributed by atoms with E-state index in [9.17, 15) is 28.4 Å². The first-order valence-corrected chi connectivity index (χ1v) is 21.4. The van der Waals surface area contributed by atoms with Gasteiger partial charge in [-0.2, -0.15) is 0 Å². The van der Waals surface area contributed by atoms with E-state index in [1.165, 1.54) is 17.1 Å². The number of nitrogens with zero attached hydrogens (tertiary/aromatic N) is 1. The van der Waals surface area contributed by atoms with E-state index in [4.69, 9.17) is 14.2 Å². The fourth-order valence-electron chi connectivity index (χ4n) is 7.04. The molecule has 0 aromatic heterocycles. The van der Waals surface area contributed by atoms with Gasteiger partial charge in [0.15, 0.2) is 0 Å². The van der Waals surface area contributed by atoms with Crippen LogP contribution in [0, 0.1) is 17.7 Å². The van der Waals surface area contributed by atoms with E-state index in [1.54, 1.807) is 39.8 Å². The smallest absolute Gasteiger partial charge is 0.408 e. The van der Waals surface area contributed by atoms with Crippen molar-refractivity contribution >= 4 is 30.0 Å². The largest absolute Gasteiger partial charge is 0.458 e. The number of hydrogen-bond donors (Lipinski definition) is 5. The van der Waals surface area contributed by atoms with Gasteiger partial charge in [-0.15, -0.1) is 0 Å². The first-order valence-electron chi connectivity index (χ1n) is 21.4. The predicted molar refractivity (Wildman–Crippen MR) is 235 cm³/mol. The van der Waals surface area contributed by atoms with Crippen LogP contribution in [0.1, 0.15) is 62.8 Å². The zero-order chi connectivity index (χ0) is 45.1. The topological polar surface area (TPSA) is 176 Å². The number of rotatable bonds is 21. The monoisotopic (exact) mass is 866 g/mol. The molecule has 0 saturated carbocycles. The Bertz CT molecular complexity index is 2050. The van der Waals surface area contributed by atoms with E-state index in [0.717, 1.165) is 23.1 Å². The van der Waals surface area contributed by atoms with Crippen molar-refractivity contribution in [2.75, 3.05) is 13.1 Å². The minimum atomic E-state index is -1.11. The number of carbonyl (C=O) groups is 5. The molecule has 5 rings (SSSR count). The number of nitrogens with one attached hydrogen (secondary N) is 5. The molecule has 4 aromatic carbocycles. The molecule has 0 radical (unpaired) electrons. The fourth-order valence-corrected chi connectivity index (χ4v) is 7.04. The number of alkyl carbamates (subject to hydrolysis) is 2. The van der Waals surface area contributed by atoms with E-state index in [0.29, 0.717) is 18.5 Å². The maximum atomic E-state index is 14.3. The Morgan fingerprint density at radius 3 is 1.67 bits per heavy atom. The van der Waals surface area contributed by atoms with E-state index in [2.05, 4.69) is 26.7 Å². The first kappa shape index (κ1) is 47.7. The summed E-state index contributed by atoms with van der Waals surface area (Å²) in [6.45, 7) is 7.58. The van der Waals surface area contributed by atoms with Gasteiger partial charge in [0.1, 0.15) is 43.3 Å². The van der Waals surface area contributed by atoms with Gasteiger partial charge in [0, 0.05) is 6.54 Å². The van der Waals surface area contributed by atoms with Crippen LogP contribution in [0.2, 0.25) is 0 Å². The lowest BCUT2D eigenvalue weighted by Gasteiger charge is -2.35. The zero-order valence-electron chi connectivity index (χ0n) is 36.3. The Hall–Kier alpha value is -6.32. The van der Waals surface area contributed by atoms with Crippen molar-refractivity contribution < 1.29 is 42.6 Å². The van der Waals surface area contributed by atoms with Crippen LogP contribution in [0.3, 0.4) is 0 Å². The second-order valence-electron chi connectivity index (χ2n) is 16.3. The van der Waals surface area contributed by atoms with Gasteiger partial charge in [-0.3, -0.25) is 19.8 Å². The first-order chi connectivity index (χ1) is 30.3. The summed E-state index contributed by atoms with van der Waals surface area (Å²) in [6, 6.07) is 29.7. The lowest BCUT2D eigenvalue weighted by Crippen LogP contribution is -2.60. The van der Waals surface area contributed by atoms with Crippen molar-refractivity contribution in [2.45, 2.75) is 97.0 Å². The van der Waals surface area contributed by atoms with Crippen LogP contribution in [0.4, 0.5) is 14.0 Å². The van der Waals surface area contributed by atoms with Gasteiger partial charge in [0.25, 0.3) is 5.91 Å². The van der Waals surface area contributed by atoms with Gasteiger partial charge in [-0.05, 0) is 72.0 Å². The molecule has 14 nitrogen and oxygen atoms in total. The van der Waals surface area contributed by atoms with Crippen molar-refractivity contribution in [2.24, 2.45) is 11.8 Å². The standard InChI is InChI=1S/C48H59FN6O8/c1-32(2)42(52-47(59)61-30-36-17-10-6-11-18-36)44(56)51-40(27-34-15-8-5-9-16-34)41(63-46(58)39-21-14-26-50-39)29-55(28-35-22-24-38(49)25-23-35)54-45(57)43(33(3)4)53-48(60)62-31-37-19-12-7-13-20-37/h5-13,15-20,22-25,32-33,39-43,50H,14,21,26-31H2,1-4H3,(H,51,56)(H,52,59)(H,53,60)(H,54,57)/t39?,40-,41-,42-,43-/m0/s1. The number of hydrazine groups is 1. The summed E-state index contributed by atoms with van der Waals surface area (Å²) in [6.07, 6.45) is -1.19. The summed E-state index contributed by atoms with van der Waals surface area (Å²) < 4.78 is 31.3. The Kier molecular flexibility index (Phi) is 18.4. The number of halogens is 1. The number of hydrogen-bond acceptors (Lipinski definition) is 10. The van der Waals surface area contributed by atoms with E-state index < -0.39 is 72.0 Å². The third-order valence-electron chi connectivity index (χ3n) is 10.5. The average Bonchev–Trinajstić information content (AvgIpc) is 3.83. The molecule has 4 amide bonds. The van der Waals surface area contributed by atoms with E-state index in [-0.39, 0.29) is 38.6 Å². The molecule has 5 N–H and O–H groups in total. The fraction of sp³-hybridized carbons (Fsp3) is 0.396. The Morgan fingerprint density at radius 1 is 0.667 bits per heavy atom. The van der Waals surface area contributed by atoms with Crippen LogP contribution in [0.15, 0.2) is 115 Å². The SMILES string of the molecule is CC(C)[C@H](NC(=O)OCc1ccccc1)C(=O)N[C@@H](Cc1ccccc1)[C@H](CN(Cc1ccc(F)cc1)NC(=O)[C@@H](NC(=O)OCc1ccccc1)C(C)C)OC(=O)C1CCCN1. The van der Waals surface area contributed by atoms with Gasteiger partial charge in [-0.1, -0.05) is 131 Å². The molecule has 5 atom stereocenters. The Labute approximate surface area is 368 Å². The number of esters is 1. The molecule has 15 heteroatoms. The molecule has 1 heterocycles. The highest BCUT2D eigenvalue weighted by atomic mass is 19.1. The van der Waals surface area contributed by atoms with Crippen molar-refractivity contribution in [1.29, 1.82) is 0 Å². The molecule has 0 bridgehead atoms. The minimum Gasteiger partial charge on any atom is -0.458 e. The summed E-state index contributed by atoms with van der Waals surface area (Å²) in [5, 5.41) is 13.2. The number of carbonyl (C=O) groups excluding carboxylic acids is 5. The molecule has 336 valence electrons. The van der Waals surface area contributed by atoms with Crippen molar-refractivity contribution in [1.82, 2.24) is 31.7 Å². The summed E-state index contributed by atoms with van der Waals surface area (Å²) in [5.74, 6) is -2.91. The van der Waals surface area contributed by atoms with Crippen LogP contribution in [0.25, 0.3) is 0 Å². The number of benzene rings is 4. The quantitative estimate of drug-likeness (QED) is 0.0382. The average molecular weight is 867 g/mol. The summed E-state index contributed by atoms with van der Waals surface area (Å²) in [4.78, 5) is 68.5. The van der Waals surface area contributed by atoms with Gasteiger partial charge < -0.3 is 35.5 Å². The van der Waals surface area contributed by atoms with Crippen LogP contribution in [-0.2, 0) is 54.8 Å². The van der Waals surface area contributed by atoms with Gasteiger partial charge in [-0.25, -0.2) is 19.0 Å². The molecular formula is C48H59FN6O8. The normalized spacial score (nSPS) is 15.5. The van der Waals surface area contributed by atoms with Crippen LogP contribution >= 0.6 is 0 Å². The summed E-state index contributed by atoms with van der Waals surface area (Å²) >= 11 is 0. The highest BCUT2D eigenvalue weighted by Crippen LogP contribution is 2.18. The molecule has 0 aliphatic carbocycles. The number of amides is 4. The van der Waals surface area contributed by atoms with Crippen LogP contribution in [0.5, 0.6) is 0 Å². The highest BCUT2D eigenvalue weighted by Gasteiger charge is 2.36. The lowest BCUT2D eigenvalue weighted by molar-refractivity contribution is -0.156. The maximum absolute atomic E-state index is 14.3. The van der Waals surface area contributed by atoms with Crippen molar-refractivity contribution in [3.63, 3.8) is 0 Å². The van der Waals surface area contributed by atoms with Crippen LogP contribution < -0.4 is 26.7 Å². The predicted octanol–water partition coefficient (Wildman–Crippen LogP) is 5.95. The van der Waals surface area contributed by atoms with Crippen molar-refractivity contribution in [3.05, 3.63) is 143 Å². The second kappa shape index (κ2) is 24.4. The molecular weight excluding hydrogens is 808 g/mol. The molecule has 1 saturated heterocycles. The zero-order valence-corrected chi connectivity index (χ0v) is 36.3. The molecule has 1 fully saturated rings. The minimum absolute atomic E-state index is 0.000631. The maximum Gasteiger partial charge on any atom is 0.408 e. The van der Waals surface area contributed by atoms with Gasteiger partial charge in [0.05, 0.1) is 12.6 Å². The summed E-state index contributed by atoms with van der Waals surface area (Å²) in [7, 11) is 0. The third-order valence-corrected chi connectivity index (χ3v) is 10.5. The van der Waals surface area contributed by atoms with Gasteiger partial charge in [0.2, 0.25) is 5.91 Å². The molecule has 63 heavy (non-hydrogen) atoms. The van der Waals surface area contributed by atoms with Gasteiger partial charge >= 0.3 is 18.2 Å². The van der Waals surface area contributed by atoms with E-state index in [1.807, 2.05) is 91.0 Å². The number of ether oxygens (including phenoxy) is 3. The molecule has 1 aliphatic heterocycles.